The molecule has 1 amide bonds. The summed E-state index contributed by atoms with van der Waals surface area (Å²) in [4.78, 5) is 57.7. The molecular formula is C27H19FN2O7S. The first kappa shape index (κ1) is 25.0. The third-order valence-corrected chi connectivity index (χ3v) is 7.13. The first-order valence-corrected chi connectivity index (χ1v) is 12.1. The van der Waals surface area contributed by atoms with Gasteiger partial charge in [-0.2, -0.15) is 0 Å². The summed E-state index contributed by atoms with van der Waals surface area (Å²) in [5.74, 6) is -2.71. The number of hydrogen-bond donors (Lipinski definition) is 0. The highest BCUT2D eigenvalue weighted by molar-refractivity contribution is 7.17. The molecule has 1 atom stereocenters. The first-order valence-electron chi connectivity index (χ1n) is 11.3. The van der Waals surface area contributed by atoms with Gasteiger partial charge in [0.15, 0.2) is 10.6 Å². The quantitative estimate of drug-likeness (QED) is 0.261. The number of nitrogens with zero attached hydrogens (tertiary/aromatic N) is 2. The molecule has 3 heterocycles. The van der Waals surface area contributed by atoms with Gasteiger partial charge in [-0.15, -0.1) is 0 Å². The number of halogens is 1. The number of carbonyl (C=O) groups is 3. The van der Waals surface area contributed by atoms with E-state index in [0.717, 1.165) is 23.5 Å². The number of rotatable bonds is 6. The molecule has 192 valence electrons. The normalized spacial score (nSPS) is 14.4. The fraction of sp³-hybridized carbons (Fsp3) is 0.148. The Bertz CT molecular complexity index is 1690. The summed E-state index contributed by atoms with van der Waals surface area (Å²) >= 11 is 0.920. The number of benzene rings is 2. The number of aromatic nitrogens is 1. The number of hydrogen-bond acceptors (Lipinski definition) is 9. The van der Waals surface area contributed by atoms with Crippen LogP contribution in [0, 0.1) is 12.7 Å². The largest absolute Gasteiger partial charge is 0.465 e. The molecule has 0 aliphatic carbocycles. The molecule has 1 aliphatic heterocycles. The molecule has 0 radical (unpaired) electrons. The fourth-order valence-electron chi connectivity index (χ4n) is 4.25. The van der Waals surface area contributed by atoms with Crippen molar-refractivity contribution in [1.29, 1.82) is 0 Å². The maximum Gasteiger partial charge on any atom is 0.350 e. The van der Waals surface area contributed by atoms with Gasteiger partial charge in [0.1, 0.15) is 22.9 Å². The summed E-state index contributed by atoms with van der Waals surface area (Å²) in [5.41, 5.74) is 0.497. The van der Waals surface area contributed by atoms with E-state index in [1.165, 1.54) is 36.3 Å². The van der Waals surface area contributed by atoms with Crippen LogP contribution in [0.3, 0.4) is 0 Å². The Morgan fingerprint density at radius 2 is 1.92 bits per heavy atom. The zero-order valence-corrected chi connectivity index (χ0v) is 21.0. The minimum atomic E-state index is -1.03. The van der Waals surface area contributed by atoms with Gasteiger partial charge in [0.05, 0.1) is 35.4 Å². The molecule has 4 aromatic rings. The van der Waals surface area contributed by atoms with Crippen molar-refractivity contribution in [3.63, 3.8) is 0 Å². The van der Waals surface area contributed by atoms with Gasteiger partial charge in [0.25, 0.3) is 5.91 Å². The van der Waals surface area contributed by atoms with E-state index in [0.29, 0.717) is 11.3 Å². The number of methoxy groups -OCH3 is 1. The number of thiazole rings is 1. The Labute approximate surface area is 218 Å². The van der Waals surface area contributed by atoms with Crippen molar-refractivity contribution in [3.8, 4) is 0 Å². The summed E-state index contributed by atoms with van der Waals surface area (Å²) < 4.78 is 29.7. The number of carbonyl (C=O) groups excluding carboxylic acids is 3. The first-order chi connectivity index (χ1) is 18.2. The molecule has 0 saturated carbocycles. The van der Waals surface area contributed by atoms with Crippen LogP contribution in [-0.4, -0.2) is 36.5 Å². The van der Waals surface area contributed by atoms with Crippen LogP contribution in [0.2, 0.25) is 0 Å². The Morgan fingerprint density at radius 3 is 2.61 bits per heavy atom. The number of amides is 1. The highest BCUT2D eigenvalue weighted by Gasteiger charge is 2.45. The molecule has 2 aromatic heterocycles. The zero-order valence-electron chi connectivity index (χ0n) is 20.1. The van der Waals surface area contributed by atoms with Crippen molar-refractivity contribution in [2.24, 2.45) is 0 Å². The van der Waals surface area contributed by atoms with E-state index in [2.05, 4.69) is 11.6 Å². The van der Waals surface area contributed by atoms with Crippen molar-refractivity contribution in [1.82, 2.24) is 4.98 Å². The van der Waals surface area contributed by atoms with Gasteiger partial charge in [-0.25, -0.2) is 19.0 Å². The van der Waals surface area contributed by atoms with E-state index >= 15 is 0 Å². The molecule has 2 aromatic carbocycles. The molecule has 0 saturated heterocycles. The van der Waals surface area contributed by atoms with Crippen molar-refractivity contribution in [2.75, 3.05) is 18.6 Å². The van der Waals surface area contributed by atoms with Crippen LogP contribution in [0.15, 0.2) is 64.3 Å². The number of anilines is 1. The van der Waals surface area contributed by atoms with Crippen molar-refractivity contribution >= 4 is 45.3 Å². The minimum Gasteiger partial charge on any atom is -0.465 e. The van der Waals surface area contributed by atoms with Gasteiger partial charge < -0.3 is 13.9 Å². The lowest BCUT2D eigenvalue weighted by atomic mass is 9.97. The highest BCUT2D eigenvalue weighted by Crippen LogP contribution is 2.43. The molecule has 1 unspecified atom stereocenters. The van der Waals surface area contributed by atoms with Crippen molar-refractivity contribution < 1.29 is 32.7 Å². The predicted octanol–water partition coefficient (Wildman–Crippen LogP) is 4.58. The smallest absolute Gasteiger partial charge is 0.350 e. The van der Waals surface area contributed by atoms with Gasteiger partial charge in [-0.1, -0.05) is 36.1 Å². The maximum atomic E-state index is 14.0. The molecule has 9 nitrogen and oxygen atoms in total. The van der Waals surface area contributed by atoms with Gasteiger partial charge in [0, 0.05) is 0 Å². The van der Waals surface area contributed by atoms with Crippen LogP contribution in [-0.2, 0) is 9.47 Å². The minimum absolute atomic E-state index is 0.00364. The van der Waals surface area contributed by atoms with Gasteiger partial charge >= 0.3 is 11.9 Å². The summed E-state index contributed by atoms with van der Waals surface area (Å²) in [7, 11) is 1.25. The molecule has 0 bridgehead atoms. The van der Waals surface area contributed by atoms with Gasteiger partial charge in [0.2, 0.25) is 5.76 Å². The third kappa shape index (κ3) is 4.06. The Balaban J connectivity index is 1.70. The van der Waals surface area contributed by atoms with E-state index in [-0.39, 0.29) is 44.5 Å². The number of fused-ring (bicyclic) bond motifs is 2. The lowest BCUT2D eigenvalue weighted by Crippen LogP contribution is -2.29. The van der Waals surface area contributed by atoms with Crippen molar-refractivity contribution in [2.45, 2.75) is 13.0 Å². The summed E-state index contributed by atoms with van der Waals surface area (Å²) in [6, 6.07) is 8.56. The summed E-state index contributed by atoms with van der Waals surface area (Å²) in [5, 5.41) is 0.0970. The van der Waals surface area contributed by atoms with E-state index in [1.807, 2.05) is 0 Å². The summed E-state index contributed by atoms with van der Waals surface area (Å²) in [6.07, 6.45) is 1.43. The number of aryl methyl sites for hydroxylation is 1. The predicted molar refractivity (Wildman–Crippen MR) is 136 cm³/mol. The van der Waals surface area contributed by atoms with Gasteiger partial charge in [-0.3, -0.25) is 14.5 Å². The molecule has 11 heteroatoms. The lowest BCUT2D eigenvalue weighted by molar-refractivity contribution is 0.0552. The monoisotopic (exact) mass is 534 g/mol. The van der Waals surface area contributed by atoms with E-state index in [1.54, 1.807) is 19.1 Å². The molecule has 0 fully saturated rings. The van der Waals surface area contributed by atoms with Crippen molar-refractivity contribution in [3.05, 3.63) is 104 Å². The molecule has 0 spiro atoms. The van der Waals surface area contributed by atoms with Crippen LogP contribution in [0.4, 0.5) is 9.52 Å². The Hall–Kier alpha value is -4.64. The van der Waals surface area contributed by atoms with E-state index in [9.17, 15) is 23.6 Å². The maximum absolute atomic E-state index is 14.0. The van der Waals surface area contributed by atoms with E-state index in [4.69, 9.17) is 13.9 Å². The topological polar surface area (TPSA) is 116 Å². The van der Waals surface area contributed by atoms with Crippen LogP contribution in [0.1, 0.15) is 53.4 Å². The van der Waals surface area contributed by atoms with Crippen LogP contribution in [0.5, 0.6) is 0 Å². The second-order valence-electron chi connectivity index (χ2n) is 8.30. The third-order valence-electron chi connectivity index (χ3n) is 5.99. The van der Waals surface area contributed by atoms with Crippen LogP contribution in [0.25, 0.3) is 11.0 Å². The molecule has 1 aliphatic rings. The van der Waals surface area contributed by atoms with Crippen LogP contribution >= 0.6 is 11.3 Å². The number of esters is 2. The second-order valence-corrected chi connectivity index (χ2v) is 9.28. The SMILES string of the molecule is C=CCOC(=O)c1sc(N2C(=O)c3oc4ccc(F)cc4c(=O)c3C2c2ccc(C(=O)OC)cc2)nc1C. The lowest BCUT2D eigenvalue weighted by Gasteiger charge is -2.22. The average Bonchev–Trinajstić information content (AvgIpc) is 3.44. The number of ether oxygens (including phenoxy) is 2. The van der Waals surface area contributed by atoms with Crippen LogP contribution < -0.4 is 10.3 Å². The molecular weight excluding hydrogens is 515 g/mol. The van der Waals surface area contributed by atoms with E-state index < -0.39 is 35.1 Å². The molecule has 5 rings (SSSR count). The summed E-state index contributed by atoms with van der Waals surface area (Å²) in [6.45, 7) is 5.11. The standard InChI is InChI=1S/C27H19FN2O7S/c1-4-11-36-26(34)23-13(2)29-27(38-23)30-20(14-5-7-15(8-6-14)25(33)35-3)19-21(31)17-12-16(28)9-10-18(17)37-22(19)24(30)32/h4-10,12,20H,1,11H2,2-3H3. The molecule has 38 heavy (non-hydrogen) atoms. The van der Waals surface area contributed by atoms with Gasteiger partial charge in [-0.05, 0) is 42.8 Å². The second kappa shape index (κ2) is 9.67. The average molecular weight is 535 g/mol. The Morgan fingerprint density at radius 1 is 1.18 bits per heavy atom. The molecule has 0 N–H and O–H groups in total. The Kier molecular flexibility index (Phi) is 6.37. The fourth-order valence-corrected chi connectivity index (χ4v) is 5.24. The highest BCUT2D eigenvalue weighted by atomic mass is 32.1. The zero-order chi connectivity index (χ0) is 27.1.